The van der Waals surface area contributed by atoms with Crippen molar-refractivity contribution in [3.63, 3.8) is 0 Å². The van der Waals surface area contributed by atoms with Crippen molar-refractivity contribution in [1.29, 1.82) is 0 Å². The SMILES string of the molecule is COc1ccc2c(c1)-c1c(ssc1=Nc1ccc(Cl)c(Cl)c1)C(C)(C)N2. The lowest BCUT2D eigenvalue weighted by Gasteiger charge is -2.33. The molecule has 2 heterocycles. The lowest BCUT2D eigenvalue weighted by molar-refractivity contribution is 0.415. The van der Waals surface area contributed by atoms with Gasteiger partial charge in [0.15, 0.2) is 0 Å². The summed E-state index contributed by atoms with van der Waals surface area (Å²) in [6.07, 6.45) is 0. The van der Waals surface area contributed by atoms with Crippen molar-refractivity contribution in [2.75, 3.05) is 12.4 Å². The average molecular weight is 423 g/mol. The van der Waals surface area contributed by atoms with Gasteiger partial charge in [-0.2, -0.15) is 0 Å². The molecule has 0 unspecified atom stereocenters. The fraction of sp³-hybridized carbons (Fsp3) is 0.211. The summed E-state index contributed by atoms with van der Waals surface area (Å²) < 4.78 is 6.39. The predicted octanol–water partition coefficient (Wildman–Crippen LogP) is 6.69. The lowest BCUT2D eigenvalue weighted by atomic mass is 9.90. The average Bonchev–Trinajstić information content (AvgIpc) is 3.03. The molecule has 134 valence electrons. The molecule has 0 atom stereocenters. The second-order valence-electron chi connectivity index (χ2n) is 6.55. The first-order valence-corrected chi connectivity index (χ1v) is 10.9. The Morgan fingerprint density at radius 2 is 1.85 bits per heavy atom. The summed E-state index contributed by atoms with van der Waals surface area (Å²) in [4.78, 5) is 6.12. The highest BCUT2D eigenvalue weighted by molar-refractivity contribution is 7.68. The molecular weight excluding hydrogens is 407 g/mol. The molecule has 1 aromatic heterocycles. The fourth-order valence-corrected chi connectivity index (χ4v) is 6.25. The summed E-state index contributed by atoms with van der Waals surface area (Å²) in [5.41, 5.74) is 3.97. The number of nitrogens with zero attached hydrogens (tertiary/aromatic N) is 1. The van der Waals surface area contributed by atoms with E-state index in [0.717, 1.165) is 32.9 Å². The molecule has 3 aromatic rings. The van der Waals surface area contributed by atoms with E-state index in [0.29, 0.717) is 10.0 Å². The van der Waals surface area contributed by atoms with Crippen LogP contribution in [-0.4, -0.2) is 7.11 Å². The highest BCUT2D eigenvalue weighted by Crippen LogP contribution is 2.46. The van der Waals surface area contributed by atoms with Gasteiger partial charge in [-0.15, -0.1) is 0 Å². The third kappa shape index (κ3) is 3.03. The molecule has 4 rings (SSSR count). The van der Waals surface area contributed by atoms with E-state index in [4.69, 9.17) is 32.9 Å². The number of methoxy groups -OCH3 is 1. The smallest absolute Gasteiger partial charge is 0.135 e. The second-order valence-corrected chi connectivity index (χ2v) is 9.49. The monoisotopic (exact) mass is 422 g/mol. The maximum absolute atomic E-state index is 6.15. The van der Waals surface area contributed by atoms with Gasteiger partial charge in [0.05, 0.1) is 33.3 Å². The number of hydrogen-bond donors (Lipinski definition) is 1. The van der Waals surface area contributed by atoms with Gasteiger partial charge in [0.25, 0.3) is 0 Å². The normalized spacial score (nSPS) is 15.2. The van der Waals surface area contributed by atoms with Gasteiger partial charge < -0.3 is 10.1 Å². The van der Waals surface area contributed by atoms with Crippen LogP contribution < -0.4 is 14.7 Å². The largest absolute Gasteiger partial charge is 0.497 e. The Labute approximate surface area is 169 Å². The molecule has 1 aliphatic rings. The molecule has 1 N–H and O–H groups in total. The van der Waals surface area contributed by atoms with Gasteiger partial charge in [0.1, 0.15) is 10.4 Å². The van der Waals surface area contributed by atoms with E-state index in [2.05, 4.69) is 31.3 Å². The third-order valence-corrected chi connectivity index (χ3v) is 7.67. The summed E-state index contributed by atoms with van der Waals surface area (Å²) in [6.45, 7) is 4.37. The van der Waals surface area contributed by atoms with E-state index in [1.165, 1.54) is 4.88 Å². The van der Waals surface area contributed by atoms with Crippen molar-refractivity contribution < 1.29 is 4.74 Å². The highest BCUT2D eigenvalue weighted by Gasteiger charge is 2.33. The van der Waals surface area contributed by atoms with Crippen molar-refractivity contribution in [2.45, 2.75) is 19.4 Å². The maximum Gasteiger partial charge on any atom is 0.135 e. The van der Waals surface area contributed by atoms with Crippen molar-refractivity contribution >= 4 is 55.3 Å². The molecule has 1 aliphatic heterocycles. The Morgan fingerprint density at radius 3 is 2.58 bits per heavy atom. The van der Waals surface area contributed by atoms with Gasteiger partial charge in [0.2, 0.25) is 0 Å². The molecule has 0 amide bonds. The molecule has 0 bridgehead atoms. The number of ether oxygens (including phenoxy) is 1. The molecule has 3 nitrogen and oxygen atoms in total. The zero-order valence-corrected chi connectivity index (χ0v) is 17.5. The molecule has 0 aliphatic carbocycles. The van der Waals surface area contributed by atoms with Crippen molar-refractivity contribution in [2.24, 2.45) is 4.99 Å². The van der Waals surface area contributed by atoms with Gasteiger partial charge in [0, 0.05) is 16.8 Å². The van der Waals surface area contributed by atoms with Gasteiger partial charge in [-0.05, 0) is 50.2 Å². The minimum absolute atomic E-state index is 0.163. The number of hydrogen-bond acceptors (Lipinski definition) is 5. The van der Waals surface area contributed by atoms with E-state index in [-0.39, 0.29) is 5.54 Å². The van der Waals surface area contributed by atoms with Crippen LogP contribution in [0.3, 0.4) is 0 Å². The Balaban J connectivity index is 1.96. The first-order valence-electron chi connectivity index (χ1n) is 7.99. The Bertz CT molecular complexity index is 1070. The van der Waals surface area contributed by atoms with Gasteiger partial charge in [-0.3, -0.25) is 0 Å². The van der Waals surface area contributed by atoms with Crippen molar-refractivity contribution in [3.8, 4) is 16.9 Å². The molecule has 0 saturated heterocycles. The minimum Gasteiger partial charge on any atom is -0.497 e. The van der Waals surface area contributed by atoms with E-state index >= 15 is 0 Å². The van der Waals surface area contributed by atoms with Crippen LogP contribution in [0.4, 0.5) is 11.4 Å². The van der Waals surface area contributed by atoms with Gasteiger partial charge in [-0.1, -0.05) is 43.9 Å². The molecule has 0 fully saturated rings. The standard InChI is InChI=1S/C19H16Cl2N2OS2/c1-19(2)17-16(12-9-11(24-3)5-7-15(12)23-19)18(26-25-17)22-10-4-6-13(20)14(21)8-10/h4-9,23H,1-3H3. The Kier molecular flexibility index (Phi) is 4.51. The number of fused-ring (bicyclic) bond motifs is 3. The quantitative estimate of drug-likeness (QED) is 0.466. The summed E-state index contributed by atoms with van der Waals surface area (Å²) >= 11 is 12.2. The Hall–Kier alpha value is -1.53. The van der Waals surface area contributed by atoms with Crippen LogP contribution >= 0.6 is 43.9 Å². The number of anilines is 1. The highest BCUT2D eigenvalue weighted by atomic mass is 35.5. The second kappa shape index (κ2) is 6.57. The van der Waals surface area contributed by atoms with Crippen LogP contribution in [-0.2, 0) is 5.54 Å². The van der Waals surface area contributed by atoms with Crippen molar-refractivity contribution in [1.82, 2.24) is 0 Å². The predicted molar refractivity (Wildman–Crippen MR) is 113 cm³/mol. The topological polar surface area (TPSA) is 33.6 Å². The summed E-state index contributed by atoms with van der Waals surface area (Å²) in [5.74, 6) is 0.827. The molecule has 0 spiro atoms. The summed E-state index contributed by atoms with van der Waals surface area (Å²) in [5, 5.41) is 4.65. The van der Waals surface area contributed by atoms with Crippen LogP contribution in [0.15, 0.2) is 41.4 Å². The molecular formula is C19H16Cl2N2OS2. The molecule has 7 heteroatoms. The maximum atomic E-state index is 6.15. The Morgan fingerprint density at radius 1 is 1.04 bits per heavy atom. The summed E-state index contributed by atoms with van der Waals surface area (Å²) in [6, 6.07) is 11.5. The minimum atomic E-state index is -0.163. The van der Waals surface area contributed by atoms with E-state index in [1.54, 1.807) is 39.9 Å². The number of halogens is 2. The van der Waals surface area contributed by atoms with E-state index < -0.39 is 0 Å². The zero-order valence-electron chi connectivity index (χ0n) is 14.4. The van der Waals surface area contributed by atoms with E-state index in [9.17, 15) is 0 Å². The molecule has 26 heavy (non-hydrogen) atoms. The first kappa shape index (κ1) is 17.9. The van der Waals surface area contributed by atoms with Crippen LogP contribution in [0.5, 0.6) is 5.75 Å². The fourth-order valence-electron chi connectivity index (χ4n) is 3.02. The number of benzene rings is 2. The number of rotatable bonds is 2. The van der Waals surface area contributed by atoms with Crippen LogP contribution in [0.25, 0.3) is 11.1 Å². The van der Waals surface area contributed by atoms with Crippen LogP contribution in [0, 0.1) is 0 Å². The summed E-state index contributed by atoms with van der Waals surface area (Å²) in [7, 11) is 5.10. The number of nitrogens with one attached hydrogen (secondary N) is 1. The first-order chi connectivity index (χ1) is 12.4. The molecule has 0 radical (unpaired) electrons. The van der Waals surface area contributed by atoms with Crippen LogP contribution in [0.2, 0.25) is 10.0 Å². The zero-order chi connectivity index (χ0) is 18.5. The third-order valence-electron chi connectivity index (χ3n) is 4.29. The van der Waals surface area contributed by atoms with Crippen molar-refractivity contribution in [3.05, 3.63) is 56.0 Å². The molecule has 0 saturated carbocycles. The van der Waals surface area contributed by atoms with Gasteiger partial charge >= 0.3 is 0 Å². The van der Waals surface area contributed by atoms with E-state index in [1.807, 2.05) is 12.1 Å². The van der Waals surface area contributed by atoms with Gasteiger partial charge in [-0.25, -0.2) is 4.99 Å². The molecule has 2 aromatic carbocycles. The van der Waals surface area contributed by atoms with Crippen LogP contribution in [0.1, 0.15) is 18.7 Å². The lowest BCUT2D eigenvalue weighted by Crippen LogP contribution is -2.31.